The number of benzene rings is 3. The molecule has 0 aliphatic carbocycles. The Morgan fingerprint density at radius 1 is 0.786 bits per heavy atom. The van der Waals surface area contributed by atoms with E-state index in [1.165, 1.54) is 0 Å². The molecule has 2 unspecified atom stereocenters. The van der Waals surface area contributed by atoms with Crippen molar-refractivity contribution in [1.29, 1.82) is 0 Å². The van der Waals surface area contributed by atoms with E-state index in [1.54, 1.807) is 79.9 Å². The molecule has 3 aromatic rings. The molecule has 0 saturated heterocycles. The highest BCUT2D eigenvalue weighted by atomic mass is 16.5. The molecule has 0 spiro atoms. The number of nitrogens with one attached hydrogen (secondary N) is 3. The first-order valence-corrected chi connectivity index (χ1v) is 13.7. The summed E-state index contributed by atoms with van der Waals surface area (Å²) in [6, 6.07) is 19.3. The lowest BCUT2D eigenvalue weighted by molar-refractivity contribution is -0.142. The fourth-order valence-electron chi connectivity index (χ4n) is 4.43. The number of aryl methyl sites for hydroxylation is 1. The summed E-state index contributed by atoms with van der Waals surface area (Å²) in [5.41, 5.74) is 3.38. The van der Waals surface area contributed by atoms with Crippen molar-refractivity contribution in [3.05, 3.63) is 89.5 Å². The van der Waals surface area contributed by atoms with Crippen LogP contribution >= 0.6 is 0 Å². The normalized spacial score (nSPS) is 12.2. The van der Waals surface area contributed by atoms with Gasteiger partial charge in [-0.1, -0.05) is 50.2 Å². The van der Waals surface area contributed by atoms with Gasteiger partial charge >= 0.3 is 18.0 Å². The number of aliphatic carboxylic acids is 2. The number of carbonyl (C=O) groups excluding carboxylic acids is 2. The summed E-state index contributed by atoms with van der Waals surface area (Å²) < 4.78 is 5.12. The third-order valence-electron chi connectivity index (χ3n) is 6.65. The zero-order valence-corrected chi connectivity index (χ0v) is 23.9. The molecule has 222 valence electrons. The van der Waals surface area contributed by atoms with Crippen molar-refractivity contribution in [2.75, 3.05) is 17.7 Å². The minimum atomic E-state index is -1.15. The minimum absolute atomic E-state index is 0.0122. The number of amides is 3. The van der Waals surface area contributed by atoms with Crippen LogP contribution in [0.2, 0.25) is 0 Å². The summed E-state index contributed by atoms with van der Waals surface area (Å²) in [4.78, 5) is 48.6. The molecule has 0 aliphatic heterocycles. The van der Waals surface area contributed by atoms with Crippen LogP contribution in [0.25, 0.3) is 0 Å². The zero-order valence-electron chi connectivity index (χ0n) is 23.9. The number of carboxylic acids is 2. The van der Waals surface area contributed by atoms with E-state index in [4.69, 9.17) is 9.84 Å². The molecule has 3 amide bonds. The summed E-state index contributed by atoms with van der Waals surface area (Å²) >= 11 is 0. The maximum Gasteiger partial charge on any atom is 0.326 e. The Kier molecular flexibility index (Phi) is 11.5. The van der Waals surface area contributed by atoms with E-state index >= 15 is 0 Å². The standard InChI is InChI=1S/C32H37N3O7/c1-20(2)18-27(23-9-11-24(12-10-23)33-32(41)34-25-13-15-26(42-3)16-14-25)30(38)35-28(31(39)40)19-22-6-4-21(5-7-22)8-17-29(36)37/h4-7,9-16,20,27-28H,8,17-19H2,1-3H3,(H,35,38)(H,36,37)(H,39,40)(H2,33,34,41). The number of methoxy groups -OCH3 is 1. The van der Waals surface area contributed by atoms with Crippen molar-refractivity contribution >= 4 is 35.3 Å². The maximum atomic E-state index is 13.4. The van der Waals surface area contributed by atoms with Gasteiger partial charge < -0.3 is 30.9 Å². The first-order chi connectivity index (χ1) is 20.0. The van der Waals surface area contributed by atoms with Crippen LogP contribution in [0.4, 0.5) is 16.2 Å². The fourth-order valence-corrected chi connectivity index (χ4v) is 4.43. The van der Waals surface area contributed by atoms with Crippen LogP contribution in [0.15, 0.2) is 72.8 Å². The predicted molar refractivity (Wildman–Crippen MR) is 160 cm³/mol. The maximum absolute atomic E-state index is 13.4. The van der Waals surface area contributed by atoms with Gasteiger partial charge in [0.1, 0.15) is 11.8 Å². The van der Waals surface area contributed by atoms with Gasteiger partial charge in [0, 0.05) is 24.2 Å². The Balaban J connectivity index is 1.65. The molecule has 0 saturated carbocycles. The number of rotatable bonds is 14. The largest absolute Gasteiger partial charge is 0.497 e. The van der Waals surface area contributed by atoms with Crippen molar-refractivity contribution in [2.24, 2.45) is 5.92 Å². The molecular weight excluding hydrogens is 538 g/mol. The average molecular weight is 576 g/mol. The van der Waals surface area contributed by atoms with E-state index in [2.05, 4.69) is 16.0 Å². The zero-order chi connectivity index (χ0) is 30.6. The molecule has 10 heteroatoms. The lowest BCUT2D eigenvalue weighted by atomic mass is 9.89. The van der Waals surface area contributed by atoms with E-state index < -0.39 is 35.8 Å². The van der Waals surface area contributed by atoms with Crippen molar-refractivity contribution in [3.8, 4) is 5.75 Å². The second-order valence-corrected chi connectivity index (χ2v) is 10.4. The van der Waals surface area contributed by atoms with Crippen molar-refractivity contribution in [1.82, 2.24) is 5.32 Å². The summed E-state index contributed by atoms with van der Waals surface area (Å²) in [6.45, 7) is 3.97. The third-order valence-corrected chi connectivity index (χ3v) is 6.65. The second-order valence-electron chi connectivity index (χ2n) is 10.4. The molecule has 10 nitrogen and oxygen atoms in total. The van der Waals surface area contributed by atoms with Gasteiger partial charge in [0.15, 0.2) is 0 Å². The summed E-state index contributed by atoms with van der Waals surface area (Å²) in [5, 5.41) is 26.9. The lowest BCUT2D eigenvalue weighted by Crippen LogP contribution is -2.44. The number of hydrogen-bond acceptors (Lipinski definition) is 5. The first kappa shape index (κ1) is 31.7. The van der Waals surface area contributed by atoms with Crippen LogP contribution in [-0.2, 0) is 27.2 Å². The van der Waals surface area contributed by atoms with Gasteiger partial charge in [0.25, 0.3) is 0 Å². The van der Waals surface area contributed by atoms with Gasteiger partial charge in [-0.3, -0.25) is 9.59 Å². The van der Waals surface area contributed by atoms with Gasteiger partial charge in [-0.05, 0) is 71.8 Å². The Bertz CT molecular complexity index is 1350. The fraction of sp³-hybridized carbons (Fsp3) is 0.312. The van der Waals surface area contributed by atoms with Crippen LogP contribution in [0.1, 0.15) is 49.3 Å². The molecule has 2 atom stereocenters. The Hall–Kier alpha value is -4.86. The van der Waals surface area contributed by atoms with Crippen molar-refractivity contribution in [2.45, 2.75) is 51.5 Å². The lowest BCUT2D eigenvalue weighted by Gasteiger charge is -2.22. The number of hydrogen-bond donors (Lipinski definition) is 5. The van der Waals surface area contributed by atoms with Gasteiger partial charge in [-0.15, -0.1) is 0 Å². The van der Waals surface area contributed by atoms with E-state index in [-0.39, 0.29) is 18.8 Å². The van der Waals surface area contributed by atoms with Crippen LogP contribution in [0, 0.1) is 5.92 Å². The highest BCUT2D eigenvalue weighted by Gasteiger charge is 2.27. The number of carboxylic acid groups (broad SMARTS) is 2. The third kappa shape index (κ3) is 9.96. The number of urea groups is 1. The molecule has 0 heterocycles. The van der Waals surface area contributed by atoms with Crippen molar-refractivity contribution < 1.29 is 34.1 Å². The van der Waals surface area contributed by atoms with Gasteiger partial charge in [0.2, 0.25) is 5.91 Å². The molecular formula is C32H37N3O7. The van der Waals surface area contributed by atoms with E-state index in [1.807, 2.05) is 13.8 Å². The Morgan fingerprint density at radius 2 is 1.33 bits per heavy atom. The van der Waals surface area contributed by atoms with Crippen LogP contribution < -0.4 is 20.7 Å². The summed E-state index contributed by atoms with van der Waals surface area (Å²) in [5.74, 6) is -2.18. The highest BCUT2D eigenvalue weighted by Crippen LogP contribution is 2.26. The van der Waals surface area contributed by atoms with E-state index in [0.717, 1.165) is 5.56 Å². The summed E-state index contributed by atoms with van der Waals surface area (Å²) in [6.07, 6.45) is 0.980. The average Bonchev–Trinajstić information content (AvgIpc) is 2.95. The monoisotopic (exact) mass is 575 g/mol. The Labute approximate surface area is 245 Å². The van der Waals surface area contributed by atoms with Gasteiger partial charge in [-0.2, -0.15) is 0 Å². The molecule has 0 bridgehead atoms. The van der Waals surface area contributed by atoms with Gasteiger partial charge in [-0.25, -0.2) is 9.59 Å². The molecule has 3 rings (SSSR count). The molecule has 0 aliphatic rings. The van der Waals surface area contributed by atoms with Gasteiger partial charge in [0.05, 0.1) is 13.0 Å². The molecule has 0 radical (unpaired) electrons. The minimum Gasteiger partial charge on any atom is -0.497 e. The second kappa shape index (κ2) is 15.2. The first-order valence-electron chi connectivity index (χ1n) is 13.7. The molecule has 42 heavy (non-hydrogen) atoms. The molecule has 5 N–H and O–H groups in total. The van der Waals surface area contributed by atoms with E-state index in [0.29, 0.717) is 41.1 Å². The smallest absolute Gasteiger partial charge is 0.326 e. The number of ether oxygens (including phenoxy) is 1. The number of carbonyl (C=O) groups is 4. The van der Waals surface area contributed by atoms with Crippen LogP contribution in [-0.4, -0.2) is 47.2 Å². The number of anilines is 2. The molecule has 3 aromatic carbocycles. The Morgan fingerprint density at radius 3 is 1.83 bits per heavy atom. The summed E-state index contributed by atoms with van der Waals surface area (Å²) in [7, 11) is 1.56. The SMILES string of the molecule is COc1ccc(NC(=O)Nc2ccc(C(CC(C)C)C(=O)NC(Cc3ccc(CCC(=O)O)cc3)C(=O)O)cc2)cc1. The van der Waals surface area contributed by atoms with Crippen LogP contribution in [0.5, 0.6) is 5.75 Å². The topological polar surface area (TPSA) is 154 Å². The van der Waals surface area contributed by atoms with E-state index in [9.17, 15) is 24.3 Å². The van der Waals surface area contributed by atoms with Crippen LogP contribution in [0.3, 0.4) is 0 Å². The van der Waals surface area contributed by atoms with Crippen molar-refractivity contribution in [3.63, 3.8) is 0 Å². The molecule has 0 aromatic heterocycles. The molecule has 0 fully saturated rings. The predicted octanol–water partition coefficient (Wildman–Crippen LogP) is 5.30. The quantitative estimate of drug-likeness (QED) is 0.175. The highest BCUT2D eigenvalue weighted by molar-refractivity contribution is 5.99.